The molecular weight excluding hydrogens is 278 g/mol. The Morgan fingerprint density at radius 1 is 1.32 bits per heavy atom. The molecule has 0 aliphatic heterocycles. The number of nitrogens with one attached hydrogen (secondary N) is 2. The van der Waals surface area contributed by atoms with Gasteiger partial charge in [-0.05, 0) is 29.7 Å². The molecule has 2 aromatic rings. The van der Waals surface area contributed by atoms with E-state index in [0.717, 1.165) is 16.9 Å². The number of H-pyrrole nitrogens is 1. The average Bonchev–Trinajstić information content (AvgIpc) is 2.98. The Morgan fingerprint density at radius 3 is 2.55 bits per heavy atom. The van der Waals surface area contributed by atoms with Crippen molar-refractivity contribution in [3.05, 3.63) is 47.3 Å². The van der Waals surface area contributed by atoms with Gasteiger partial charge in [0.05, 0.1) is 6.21 Å². The van der Waals surface area contributed by atoms with E-state index in [0.29, 0.717) is 11.6 Å². The zero-order chi connectivity index (χ0) is 16.1. The third-order valence-electron chi connectivity index (χ3n) is 3.24. The molecule has 0 aliphatic rings. The number of rotatable bonds is 5. The topological polar surface area (TPSA) is 73.4 Å². The van der Waals surface area contributed by atoms with Crippen molar-refractivity contribution < 1.29 is 4.79 Å². The van der Waals surface area contributed by atoms with E-state index >= 15 is 0 Å². The normalized spacial score (nSPS) is 11.1. The number of nitrogens with zero attached hydrogens (tertiary/aromatic N) is 3. The fourth-order valence-corrected chi connectivity index (χ4v) is 1.83. The van der Waals surface area contributed by atoms with Gasteiger partial charge in [0, 0.05) is 25.5 Å². The van der Waals surface area contributed by atoms with Gasteiger partial charge in [-0.1, -0.05) is 26.0 Å². The summed E-state index contributed by atoms with van der Waals surface area (Å²) in [6.07, 6.45) is 1.60. The van der Waals surface area contributed by atoms with Crippen LogP contribution >= 0.6 is 0 Å². The molecule has 2 N–H and O–H groups in total. The van der Waals surface area contributed by atoms with Crippen LogP contribution in [0.15, 0.2) is 35.4 Å². The minimum absolute atomic E-state index is 0.299. The van der Waals surface area contributed by atoms with Crippen LogP contribution in [-0.4, -0.2) is 36.4 Å². The van der Waals surface area contributed by atoms with Gasteiger partial charge in [0.1, 0.15) is 0 Å². The number of anilines is 1. The van der Waals surface area contributed by atoms with E-state index in [2.05, 4.69) is 20.7 Å². The van der Waals surface area contributed by atoms with Crippen LogP contribution < -0.4 is 10.3 Å². The lowest BCUT2D eigenvalue weighted by molar-refractivity contribution is 0.0950. The summed E-state index contributed by atoms with van der Waals surface area (Å²) in [5.41, 5.74) is 5.76. The van der Waals surface area contributed by atoms with Crippen molar-refractivity contribution in [2.24, 2.45) is 5.10 Å². The maximum Gasteiger partial charge on any atom is 0.291 e. The molecule has 1 aromatic heterocycles. The number of hydrogen-bond acceptors (Lipinski definition) is 4. The van der Waals surface area contributed by atoms with Crippen molar-refractivity contribution in [3.8, 4) is 0 Å². The van der Waals surface area contributed by atoms with Crippen molar-refractivity contribution in [2.45, 2.75) is 19.8 Å². The lowest BCUT2D eigenvalue weighted by atomic mass is 10.1. The number of hydrazone groups is 1. The predicted octanol–water partition coefficient (Wildman–Crippen LogP) is 2.36. The molecule has 22 heavy (non-hydrogen) atoms. The predicted molar refractivity (Wildman–Crippen MR) is 88.5 cm³/mol. The van der Waals surface area contributed by atoms with Gasteiger partial charge in [0.15, 0.2) is 5.69 Å². The lowest BCUT2D eigenvalue weighted by Gasteiger charge is -2.11. The second-order valence-corrected chi connectivity index (χ2v) is 5.55. The molecule has 1 aromatic carbocycles. The summed E-state index contributed by atoms with van der Waals surface area (Å²) >= 11 is 0. The quantitative estimate of drug-likeness (QED) is 0.657. The van der Waals surface area contributed by atoms with E-state index in [1.165, 1.54) is 0 Å². The van der Waals surface area contributed by atoms with Crippen LogP contribution in [0.25, 0.3) is 0 Å². The van der Waals surface area contributed by atoms with Crippen molar-refractivity contribution in [2.75, 3.05) is 19.0 Å². The summed E-state index contributed by atoms with van der Waals surface area (Å²) in [6.45, 7) is 4.06. The van der Waals surface area contributed by atoms with Crippen molar-refractivity contribution in [1.82, 2.24) is 15.6 Å². The van der Waals surface area contributed by atoms with Crippen LogP contribution in [-0.2, 0) is 0 Å². The molecule has 1 amide bonds. The van der Waals surface area contributed by atoms with Gasteiger partial charge in [-0.15, -0.1) is 0 Å². The Labute approximate surface area is 130 Å². The Morgan fingerprint density at radius 2 is 2.00 bits per heavy atom. The van der Waals surface area contributed by atoms with Crippen molar-refractivity contribution in [3.63, 3.8) is 0 Å². The first-order valence-corrected chi connectivity index (χ1v) is 7.13. The number of carbonyl (C=O) groups is 1. The monoisotopic (exact) mass is 299 g/mol. The number of hydrogen-bond donors (Lipinski definition) is 2. The van der Waals surface area contributed by atoms with Gasteiger partial charge in [-0.3, -0.25) is 9.89 Å². The third kappa shape index (κ3) is 3.94. The average molecular weight is 299 g/mol. The molecule has 0 saturated carbocycles. The summed E-state index contributed by atoms with van der Waals surface area (Å²) in [5.74, 6) is -0.0305. The number of aromatic amines is 1. The summed E-state index contributed by atoms with van der Waals surface area (Å²) in [4.78, 5) is 13.9. The molecule has 1 heterocycles. The van der Waals surface area contributed by atoms with Gasteiger partial charge in [0.25, 0.3) is 5.91 Å². The van der Waals surface area contributed by atoms with E-state index in [9.17, 15) is 4.79 Å². The largest absolute Gasteiger partial charge is 0.378 e. The number of amides is 1. The lowest BCUT2D eigenvalue weighted by Crippen LogP contribution is -2.18. The minimum atomic E-state index is -0.329. The Balaban J connectivity index is 1.94. The smallest absolute Gasteiger partial charge is 0.291 e. The second-order valence-electron chi connectivity index (χ2n) is 5.55. The first-order chi connectivity index (χ1) is 10.5. The fourth-order valence-electron chi connectivity index (χ4n) is 1.83. The molecule has 0 bridgehead atoms. The van der Waals surface area contributed by atoms with E-state index in [1.807, 2.05) is 57.1 Å². The van der Waals surface area contributed by atoms with Crippen molar-refractivity contribution in [1.29, 1.82) is 0 Å². The summed E-state index contributed by atoms with van der Waals surface area (Å²) in [6, 6.07) is 9.60. The highest BCUT2D eigenvalue weighted by molar-refractivity contribution is 5.93. The van der Waals surface area contributed by atoms with Crippen LogP contribution in [0.1, 0.15) is 41.5 Å². The van der Waals surface area contributed by atoms with Gasteiger partial charge in [-0.2, -0.15) is 10.2 Å². The second kappa shape index (κ2) is 6.89. The first-order valence-electron chi connectivity index (χ1n) is 7.13. The molecule has 0 radical (unpaired) electrons. The first kappa shape index (κ1) is 15.8. The molecule has 0 unspecified atom stereocenters. The molecule has 6 heteroatoms. The SMILES string of the molecule is CC(C)c1cc(C(=O)N/N=C/c2ccc(N(C)C)cc2)n[nH]1. The molecule has 6 nitrogen and oxygen atoms in total. The summed E-state index contributed by atoms with van der Waals surface area (Å²) < 4.78 is 0. The third-order valence-corrected chi connectivity index (χ3v) is 3.24. The minimum Gasteiger partial charge on any atom is -0.378 e. The molecule has 116 valence electrons. The Bertz CT molecular complexity index is 655. The van der Waals surface area contributed by atoms with Gasteiger partial charge < -0.3 is 4.90 Å². The van der Waals surface area contributed by atoms with E-state index in [4.69, 9.17) is 0 Å². The van der Waals surface area contributed by atoms with E-state index in [-0.39, 0.29) is 5.91 Å². The molecule has 0 saturated heterocycles. The molecule has 0 spiro atoms. The number of benzene rings is 1. The summed E-state index contributed by atoms with van der Waals surface area (Å²) in [5, 5.41) is 10.8. The molecular formula is C16H21N5O. The maximum absolute atomic E-state index is 11.9. The zero-order valence-corrected chi connectivity index (χ0v) is 13.3. The highest BCUT2D eigenvalue weighted by atomic mass is 16.2. The maximum atomic E-state index is 11.9. The standard InChI is InChI=1S/C16H21N5O/c1-11(2)14-9-15(19-18-14)16(22)20-17-10-12-5-7-13(8-6-12)21(3)4/h5-11H,1-4H3,(H,18,19)(H,20,22)/b17-10+. The zero-order valence-electron chi connectivity index (χ0n) is 13.3. The molecule has 0 fully saturated rings. The van der Waals surface area contributed by atoms with Crippen LogP contribution in [0.4, 0.5) is 5.69 Å². The van der Waals surface area contributed by atoms with E-state index < -0.39 is 0 Å². The number of aromatic nitrogens is 2. The highest BCUT2D eigenvalue weighted by Crippen LogP contribution is 2.12. The molecule has 2 rings (SSSR count). The van der Waals surface area contributed by atoms with Crippen molar-refractivity contribution >= 4 is 17.8 Å². The van der Waals surface area contributed by atoms with Crippen LogP contribution in [0.2, 0.25) is 0 Å². The van der Waals surface area contributed by atoms with E-state index in [1.54, 1.807) is 12.3 Å². The van der Waals surface area contributed by atoms with Crippen LogP contribution in [0.3, 0.4) is 0 Å². The summed E-state index contributed by atoms with van der Waals surface area (Å²) in [7, 11) is 3.97. The molecule has 0 atom stereocenters. The molecule has 0 aliphatic carbocycles. The van der Waals surface area contributed by atoms with Crippen LogP contribution in [0.5, 0.6) is 0 Å². The fraction of sp³-hybridized carbons (Fsp3) is 0.312. The highest BCUT2D eigenvalue weighted by Gasteiger charge is 2.11. The van der Waals surface area contributed by atoms with Crippen LogP contribution in [0, 0.1) is 0 Å². The van der Waals surface area contributed by atoms with Gasteiger partial charge >= 0.3 is 0 Å². The van der Waals surface area contributed by atoms with Gasteiger partial charge in [-0.25, -0.2) is 5.43 Å². The van der Waals surface area contributed by atoms with Gasteiger partial charge in [0.2, 0.25) is 0 Å². The Kier molecular flexibility index (Phi) is 4.93. The number of carbonyl (C=O) groups excluding carboxylic acids is 1. The Hall–Kier alpha value is -2.63.